The first kappa shape index (κ1) is 9.69. The number of anilines is 1. The summed E-state index contributed by atoms with van der Waals surface area (Å²) in [6, 6.07) is 9.65. The molecule has 0 unspecified atom stereocenters. The second-order valence-electron chi connectivity index (χ2n) is 2.97. The molecule has 0 aliphatic heterocycles. The molecule has 3 nitrogen and oxygen atoms in total. The lowest BCUT2D eigenvalue weighted by molar-refractivity contribution is 1.37. The number of thiazole rings is 1. The maximum atomic E-state index is 8.79. The SMILES string of the molecule is CNc1ncc(-c2cccc(C#N)c2)s1. The van der Waals surface area contributed by atoms with Gasteiger partial charge < -0.3 is 5.32 Å². The van der Waals surface area contributed by atoms with E-state index < -0.39 is 0 Å². The standard InChI is InChI=1S/C11H9N3S/c1-13-11-14-7-10(15-11)9-4-2-3-8(5-9)6-12/h2-5,7H,1H3,(H,13,14). The fourth-order valence-electron chi connectivity index (χ4n) is 1.27. The Morgan fingerprint density at radius 2 is 2.33 bits per heavy atom. The highest BCUT2D eigenvalue weighted by Crippen LogP contribution is 2.28. The molecule has 2 aromatic rings. The van der Waals surface area contributed by atoms with Crippen LogP contribution in [0.15, 0.2) is 30.5 Å². The van der Waals surface area contributed by atoms with Crippen molar-refractivity contribution in [3.05, 3.63) is 36.0 Å². The minimum atomic E-state index is 0.673. The summed E-state index contributed by atoms with van der Waals surface area (Å²) in [5, 5.41) is 12.7. The molecule has 0 aliphatic carbocycles. The molecule has 0 bridgehead atoms. The molecule has 0 amide bonds. The number of nitrogens with one attached hydrogen (secondary N) is 1. The van der Waals surface area contributed by atoms with E-state index in [1.165, 1.54) is 0 Å². The lowest BCUT2D eigenvalue weighted by Gasteiger charge is -1.96. The van der Waals surface area contributed by atoms with E-state index in [1.807, 2.05) is 31.4 Å². The summed E-state index contributed by atoms with van der Waals surface area (Å²) in [6.45, 7) is 0. The molecule has 74 valence electrons. The van der Waals surface area contributed by atoms with Crippen molar-refractivity contribution in [3.8, 4) is 16.5 Å². The van der Waals surface area contributed by atoms with Crippen LogP contribution in [0.2, 0.25) is 0 Å². The highest BCUT2D eigenvalue weighted by Gasteiger charge is 2.03. The number of hydrogen-bond donors (Lipinski definition) is 1. The summed E-state index contributed by atoms with van der Waals surface area (Å²) >= 11 is 1.57. The number of hydrogen-bond acceptors (Lipinski definition) is 4. The van der Waals surface area contributed by atoms with Gasteiger partial charge >= 0.3 is 0 Å². The van der Waals surface area contributed by atoms with Crippen LogP contribution in [-0.4, -0.2) is 12.0 Å². The van der Waals surface area contributed by atoms with E-state index in [0.29, 0.717) is 5.56 Å². The van der Waals surface area contributed by atoms with E-state index in [-0.39, 0.29) is 0 Å². The van der Waals surface area contributed by atoms with Crippen LogP contribution >= 0.6 is 11.3 Å². The number of rotatable bonds is 2. The Hall–Kier alpha value is -1.86. The first-order chi connectivity index (χ1) is 7.33. The minimum Gasteiger partial charge on any atom is -0.365 e. The number of nitriles is 1. The largest absolute Gasteiger partial charge is 0.365 e. The van der Waals surface area contributed by atoms with Gasteiger partial charge in [0.1, 0.15) is 0 Å². The minimum absolute atomic E-state index is 0.673. The predicted molar refractivity (Wildman–Crippen MR) is 61.8 cm³/mol. The van der Waals surface area contributed by atoms with E-state index >= 15 is 0 Å². The fraction of sp³-hybridized carbons (Fsp3) is 0.0909. The van der Waals surface area contributed by atoms with Gasteiger partial charge in [-0.15, -0.1) is 0 Å². The Labute approximate surface area is 92.0 Å². The molecule has 1 N–H and O–H groups in total. The van der Waals surface area contributed by atoms with Crippen LogP contribution in [0.25, 0.3) is 10.4 Å². The molecule has 2 rings (SSSR count). The van der Waals surface area contributed by atoms with Gasteiger partial charge in [-0.2, -0.15) is 5.26 Å². The summed E-state index contributed by atoms with van der Waals surface area (Å²) in [6.07, 6.45) is 1.81. The lowest BCUT2D eigenvalue weighted by Crippen LogP contribution is -1.83. The van der Waals surface area contributed by atoms with Gasteiger partial charge in [-0.05, 0) is 17.7 Å². The molecule has 0 spiro atoms. The molecule has 0 aliphatic rings. The molecule has 1 aromatic carbocycles. The Balaban J connectivity index is 2.41. The van der Waals surface area contributed by atoms with Crippen molar-refractivity contribution >= 4 is 16.5 Å². The number of nitrogens with zero attached hydrogens (tertiary/aromatic N) is 2. The van der Waals surface area contributed by atoms with Crippen LogP contribution in [-0.2, 0) is 0 Å². The van der Waals surface area contributed by atoms with Crippen molar-refractivity contribution in [2.75, 3.05) is 12.4 Å². The fourth-order valence-corrected chi connectivity index (χ4v) is 2.03. The van der Waals surface area contributed by atoms with Crippen LogP contribution in [0, 0.1) is 11.3 Å². The molecule has 0 atom stereocenters. The predicted octanol–water partition coefficient (Wildman–Crippen LogP) is 2.72. The molecule has 0 saturated heterocycles. The Kier molecular flexibility index (Phi) is 2.66. The summed E-state index contributed by atoms with van der Waals surface area (Å²) in [5.74, 6) is 0. The van der Waals surface area contributed by atoms with Gasteiger partial charge in [0.2, 0.25) is 0 Å². The van der Waals surface area contributed by atoms with Gasteiger partial charge in [-0.1, -0.05) is 23.5 Å². The Bertz CT molecular complexity index is 511. The smallest absolute Gasteiger partial charge is 0.182 e. The van der Waals surface area contributed by atoms with E-state index in [1.54, 1.807) is 17.4 Å². The van der Waals surface area contributed by atoms with E-state index in [0.717, 1.165) is 15.6 Å². The number of benzene rings is 1. The van der Waals surface area contributed by atoms with Crippen molar-refractivity contribution in [1.29, 1.82) is 5.26 Å². The quantitative estimate of drug-likeness (QED) is 0.838. The van der Waals surface area contributed by atoms with Crippen LogP contribution in [0.1, 0.15) is 5.56 Å². The molecular weight excluding hydrogens is 206 g/mol. The van der Waals surface area contributed by atoms with Crippen LogP contribution in [0.3, 0.4) is 0 Å². The zero-order valence-electron chi connectivity index (χ0n) is 8.19. The van der Waals surface area contributed by atoms with Crippen molar-refractivity contribution in [2.45, 2.75) is 0 Å². The molecule has 15 heavy (non-hydrogen) atoms. The molecule has 0 fully saturated rings. The van der Waals surface area contributed by atoms with Crippen molar-refractivity contribution in [2.24, 2.45) is 0 Å². The van der Waals surface area contributed by atoms with Crippen LogP contribution in [0.4, 0.5) is 5.13 Å². The molecule has 0 saturated carbocycles. The lowest BCUT2D eigenvalue weighted by atomic mass is 10.1. The summed E-state index contributed by atoms with van der Waals surface area (Å²) in [4.78, 5) is 5.26. The Morgan fingerprint density at radius 3 is 3.00 bits per heavy atom. The maximum absolute atomic E-state index is 8.79. The summed E-state index contributed by atoms with van der Waals surface area (Å²) < 4.78 is 0. The van der Waals surface area contributed by atoms with Gasteiger partial charge in [0, 0.05) is 13.2 Å². The average molecular weight is 215 g/mol. The molecule has 1 heterocycles. The zero-order chi connectivity index (χ0) is 10.7. The second kappa shape index (κ2) is 4.11. The van der Waals surface area contributed by atoms with Gasteiger partial charge in [-0.25, -0.2) is 4.98 Å². The highest BCUT2D eigenvalue weighted by molar-refractivity contribution is 7.18. The Morgan fingerprint density at radius 1 is 1.47 bits per heavy atom. The van der Waals surface area contributed by atoms with Crippen molar-refractivity contribution in [3.63, 3.8) is 0 Å². The highest BCUT2D eigenvalue weighted by atomic mass is 32.1. The first-order valence-corrected chi connectivity index (χ1v) is 5.29. The zero-order valence-corrected chi connectivity index (χ0v) is 9.01. The third kappa shape index (κ3) is 1.97. The molecule has 0 radical (unpaired) electrons. The van der Waals surface area contributed by atoms with E-state index in [2.05, 4.69) is 16.4 Å². The normalized spacial score (nSPS) is 9.60. The third-order valence-electron chi connectivity index (χ3n) is 2.00. The number of aromatic nitrogens is 1. The van der Waals surface area contributed by atoms with Crippen LogP contribution < -0.4 is 5.32 Å². The monoisotopic (exact) mass is 215 g/mol. The van der Waals surface area contributed by atoms with E-state index in [4.69, 9.17) is 5.26 Å². The first-order valence-electron chi connectivity index (χ1n) is 4.47. The molecule has 4 heteroatoms. The summed E-state index contributed by atoms with van der Waals surface area (Å²) in [5.41, 5.74) is 1.71. The third-order valence-corrected chi connectivity index (χ3v) is 3.06. The maximum Gasteiger partial charge on any atom is 0.182 e. The van der Waals surface area contributed by atoms with Crippen LogP contribution in [0.5, 0.6) is 0 Å². The van der Waals surface area contributed by atoms with Gasteiger partial charge in [-0.3, -0.25) is 0 Å². The van der Waals surface area contributed by atoms with Gasteiger partial charge in [0.25, 0.3) is 0 Å². The molecule has 1 aromatic heterocycles. The van der Waals surface area contributed by atoms with Gasteiger partial charge in [0.15, 0.2) is 5.13 Å². The van der Waals surface area contributed by atoms with Crippen molar-refractivity contribution < 1.29 is 0 Å². The second-order valence-corrected chi connectivity index (χ2v) is 4.00. The topological polar surface area (TPSA) is 48.7 Å². The average Bonchev–Trinajstić information content (AvgIpc) is 2.78. The van der Waals surface area contributed by atoms with E-state index in [9.17, 15) is 0 Å². The molecular formula is C11H9N3S. The van der Waals surface area contributed by atoms with Gasteiger partial charge in [0.05, 0.1) is 16.5 Å². The summed E-state index contributed by atoms with van der Waals surface area (Å²) in [7, 11) is 1.84. The van der Waals surface area contributed by atoms with Crippen molar-refractivity contribution in [1.82, 2.24) is 4.98 Å².